The van der Waals surface area contributed by atoms with E-state index in [4.69, 9.17) is 9.15 Å². The molecule has 1 saturated heterocycles. The summed E-state index contributed by atoms with van der Waals surface area (Å²) in [5, 5.41) is 2.93. The lowest BCUT2D eigenvalue weighted by Crippen LogP contribution is -2.34. The van der Waals surface area contributed by atoms with Gasteiger partial charge in [-0.2, -0.15) is 0 Å². The van der Waals surface area contributed by atoms with Crippen LogP contribution in [0.15, 0.2) is 40.8 Å². The Morgan fingerprint density at radius 2 is 2.00 bits per heavy atom. The van der Waals surface area contributed by atoms with Crippen molar-refractivity contribution in [1.82, 2.24) is 5.32 Å². The summed E-state index contributed by atoms with van der Waals surface area (Å²) in [4.78, 5) is 26.5. The first-order chi connectivity index (χ1) is 12.0. The molecule has 1 fully saturated rings. The fraction of sp³-hybridized carbons (Fsp3) is 0.368. The van der Waals surface area contributed by atoms with Gasteiger partial charge in [-0.1, -0.05) is 0 Å². The molecular formula is C19H22N2O4. The van der Waals surface area contributed by atoms with Gasteiger partial charge in [0.25, 0.3) is 0 Å². The molecule has 25 heavy (non-hydrogen) atoms. The Morgan fingerprint density at radius 1 is 1.28 bits per heavy atom. The number of nitrogens with zero attached hydrogens (tertiary/aromatic N) is 1. The van der Waals surface area contributed by atoms with Crippen LogP contribution in [0.25, 0.3) is 0 Å². The van der Waals surface area contributed by atoms with Gasteiger partial charge in [0.1, 0.15) is 17.3 Å². The number of benzene rings is 1. The van der Waals surface area contributed by atoms with Crippen LogP contribution in [0.4, 0.5) is 5.69 Å². The van der Waals surface area contributed by atoms with Crippen molar-refractivity contribution < 1.29 is 18.7 Å². The molecule has 2 amide bonds. The second kappa shape index (κ2) is 7.01. The Bertz CT molecular complexity index is 766. The third-order valence-electron chi connectivity index (χ3n) is 4.43. The minimum Gasteiger partial charge on any atom is -0.497 e. The number of aryl methyl sites for hydroxylation is 1. The first-order valence-electron chi connectivity index (χ1n) is 8.29. The third-order valence-corrected chi connectivity index (χ3v) is 4.43. The summed E-state index contributed by atoms with van der Waals surface area (Å²) in [5.41, 5.74) is 0.774. The molecule has 2 heterocycles. The smallest absolute Gasteiger partial charge is 0.227 e. The molecule has 6 heteroatoms. The number of amides is 2. The van der Waals surface area contributed by atoms with Crippen LogP contribution in [0.5, 0.6) is 5.75 Å². The Kier molecular flexibility index (Phi) is 4.79. The van der Waals surface area contributed by atoms with Crippen molar-refractivity contribution in [3.05, 3.63) is 47.9 Å². The quantitative estimate of drug-likeness (QED) is 0.907. The molecule has 2 atom stereocenters. The fourth-order valence-corrected chi connectivity index (χ4v) is 2.98. The van der Waals surface area contributed by atoms with Crippen LogP contribution in [-0.4, -0.2) is 25.5 Å². The summed E-state index contributed by atoms with van der Waals surface area (Å²) in [7, 11) is 1.60. The number of hydrogen-bond acceptors (Lipinski definition) is 4. The van der Waals surface area contributed by atoms with E-state index in [1.807, 2.05) is 38.1 Å². The maximum atomic E-state index is 12.5. The van der Waals surface area contributed by atoms with Crippen LogP contribution >= 0.6 is 0 Å². The van der Waals surface area contributed by atoms with Crippen LogP contribution in [0.2, 0.25) is 0 Å². The summed E-state index contributed by atoms with van der Waals surface area (Å²) >= 11 is 0. The normalized spacial score (nSPS) is 18.3. The largest absolute Gasteiger partial charge is 0.497 e. The molecule has 1 aliphatic rings. The number of rotatable bonds is 5. The van der Waals surface area contributed by atoms with E-state index in [1.165, 1.54) is 0 Å². The SMILES string of the molecule is COc1ccc(N2CC(C(=O)NC(C)c3ccc(C)o3)CC2=O)cc1. The number of nitrogens with one attached hydrogen (secondary N) is 1. The molecular weight excluding hydrogens is 320 g/mol. The van der Waals surface area contributed by atoms with E-state index >= 15 is 0 Å². The van der Waals surface area contributed by atoms with Crippen molar-refractivity contribution in [2.45, 2.75) is 26.3 Å². The minimum atomic E-state index is -0.367. The highest BCUT2D eigenvalue weighted by molar-refractivity contribution is 6.00. The van der Waals surface area contributed by atoms with Crippen molar-refractivity contribution in [1.29, 1.82) is 0 Å². The zero-order chi connectivity index (χ0) is 18.0. The molecule has 3 rings (SSSR count). The highest BCUT2D eigenvalue weighted by Crippen LogP contribution is 2.27. The van der Waals surface area contributed by atoms with Crippen molar-refractivity contribution in [3.63, 3.8) is 0 Å². The summed E-state index contributed by atoms with van der Waals surface area (Å²) in [6.07, 6.45) is 0.210. The lowest BCUT2D eigenvalue weighted by molar-refractivity contribution is -0.127. The molecule has 0 bridgehead atoms. The highest BCUT2D eigenvalue weighted by Gasteiger charge is 2.35. The molecule has 0 spiro atoms. The van der Waals surface area contributed by atoms with E-state index < -0.39 is 0 Å². The number of furan rings is 1. The van der Waals surface area contributed by atoms with E-state index in [2.05, 4.69) is 5.32 Å². The van der Waals surface area contributed by atoms with Gasteiger partial charge in [0, 0.05) is 18.7 Å². The molecule has 0 radical (unpaired) electrons. The molecule has 0 saturated carbocycles. The summed E-state index contributed by atoms with van der Waals surface area (Å²) in [5.74, 6) is 1.69. The van der Waals surface area contributed by atoms with Crippen molar-refractivity contribution in [3.8, 4) is 5.75 Å². The number of hydrogen-bond donors (Lipinski definition) is 1. The van der Waals surface area contributed by atoms with E-state index in [0.717, 1.165) is 17.2 Å². The fourth-order valence-electron chi connectivity index (χ4n) is 2.98. The zero-order valence-electron chi connectivity index (χ0n) is 14.6. The second-order valence-electron chi connectivity index (χ2n) is 6.28. The van der Waals surface area contributed by atoms with Gasteiger partial charge < -0.3 is 19.4 Å². The second-order valence-corrected chi connectivity index (χ2v) is 6.28. The van der Waals surface area contributed by atoms with Crippen LogP contribution in [0, 0.1) is 12.8 Å². The average molecular weight is 342 g/mol. The molecule has 1 aromatic carbocycles. The average Bonchev–Trinajstić information content (AvgIpc) is 3.21. The highest BCUT2D eigenvalue weighted by atomic mass is 16.5. The molecule has 132 valence electrons. The first kappa shape index (κ1) is 17.1. The number of ether oxygens (including phenoxy) is 1. The van der Waals surface area contributed by atoms with E-state index in [9.17, 15) is 9.59 Å². The van der Waals surface area contributed by atoms with Gasteiger partial charge in [-0.25, -0.2) is 0 Å². The van der Waals surface area contributed by atoms with Crippen molar-refractivity contribution in [2.75, 3.05) is 18.6 Å². The summed E-state index contributed by atoms with van der Waals surface area (Å²) in [6, 6.07) is 10.7. The third kappa shape index (κ3) is 3.68. The van der Waals surface area contributed by atoms with Gasteiger partial charge >= 0.3 is 0 Å². The molecule has 1 aromatic heterocycles. The lowest BCUT2D eigenvalue weighted by Gasteiger charge is -2.18. The number of carbonyl (C=O) groups excluding carboxylic acids is 2. The number of anilines is 1. The number of carbonyl (C=O) groups is 2. The number of methoxy groups -OCH3 is 1. The van der Waals surface area contributed by atoms with Gasteiger partial charge in [-0.3, -0.25) is 9.59 Å². The standard InChI is InChI=1S/C19H22N2O4/c1-12-4-9-17(25-12)13(2)20-19(23)14-10-18(22)21(11-14)15-5-7-16(24-3)8-6-15/h4-9,13-14H,10-11H2,1-3H3,(H,20,23). The summed E-state index contributed by atoms with van der Waals surface area (Å²) in [6.45, 7) is 4.11. The Labute approximate surface area is 146 Å². The topological polar surface area (TPSA) is 71.8 Å². The van der Waals surface area contributed by atoms with Crippen LogP contribution in [0.3, 0.4) is 0 Å². The molecule has 1 N–H and O–H groups in total. The van der Waals surface area contributed by atoms with Gasteiger partial charge in [0.15, 0.2) is 0 Å². The molecule has 0 aliphatic carbocycles. The predicted octanol–water partition coefficient (Wildman–Crippen LogP) is 2.83. The van der Waals surface area contributed by atoms with Crippen LogP contribution in [0.1, 0.15) is 30.9 Å². The maximum absolute atomic E-state index is 12.5. The van der Waals surface area contributed by atoms with Gasteiger partial charge in [-0.05, 0) is 50.2 Å². The molecule has 6 nitrogen and oxygen atoms in total. The van der Waals surface area contributed by atoms with E-state index in [-0.39, 0.29) is 30.2 Å². The van der Waals surface area contributed by atoms with Gasteiger partial charge in [0.2, 0.25) is 11.8 Å². The maximum Gasteiger partial charge on any atom is 0.227 e. The molecule has 1 aliphatic heterocycles. The van der Waals surface area contributed by atoms with Gasteiger partial charge in [0.05, 0.1) is 19.1 Å². The Balaban J connectivity index is 1.63. The minimum absolute atomic E-state index is 0.0492. The monoisotopic (exact) mass is 342 g/mol. The Hall–Kier alpha value is -2.76. The molecule has 2 unspecified atom stereocenters. The van der Waals surface area contributed by atoms with E-state index in [0.29, 0.717) is 12.3 Å². The predicted molar refractivity (Wildman–Crippen MR) is 93.5 cm³/mol. The van der Waals surface area contributed by atoms with Gasteiger partial charge in [-0.15, -0.1) is 0 Å². The van der Waals surface area contributed by atoms with Crippen LogP contribution < -0.4 is 15.0 Å². The van der Waals surface area contributed by atoms with Crippen molar-refractivity contribution >= 4 is 17.5 Å². The Morgan fingerprint density at radius 3 is 2.60 bits per heavy atom. The molecule has 2 aromatic rings. The lowest BCUT2D eigenvalue weighted by atomic mass is 10.1. The summed E-state index contributed by atoms with van der Waals surface area (Å²) < 4.78 is 10.7. The zero-order valence-corrected chi connectivity index (χ0v) is 14.6. The van der Waals surface area contributed by atoms with Crippen LogP contribution in [-0.2, 0) is 9.59 Å². The van der Waals surface area contributed by atoms with E-state index in [1.54, 1.807) is 24.1 Å². The van der Waals surface area contributed by atoms with Crippen molar-refractivity contribution in [2.24, 2.45) is 5.92 Å². The first-order valence-corrected chi connectivity index (χ1v) is 8.29.